The second kappa shape index (κ2) is 4.54. The maximum absolute atomic E-state index is 6.19. The van der Waals surface area contributed by atoms with Gasteiger partial charge in [-0.3, -0.25) is 4.68 Å². The van der Waals surface area contributed by atoms with Gasteiger partial charge in [0.1, 0.15) is 0 Å². The molecule has 1 aliphatic carbocycles. The third-order valence-electron chi connectivity index (χ3n) is 3.19. The second-order valence-electron chi connectivity index (χ2n) is 4.30. The van der Waals surface area contributed by atoms with Crippen LogP contribution in [0.4, 0.5) is 0 Å². The number of halogens is 1. The zero-order valence-electron chi connectivity index (χ0n) is 9.12. The van der Waals surface area contributed by atoms with E-state index in [-0.39, 0.29) is 6.04 Å². The molecule has 2 N–H and O–H groups in total. The first-order valence-corrected chi connectivity index (χ1v) is 6.08. The van der Waals surface area contributed by atoms with Gasteiger partial charge in [0.25, 0.3) is 0 Å². The molecule has 3 nitrogen and oxygen atoms in total. The Hall–Kier alpha value is -0.540. The van der Waals surface area contributed by atoms with E-state index in [1.165, 1.54) is 6.42 Å². The SMILES string of the molecule is CCCn1ncc(Cl)c1C1CCCC1N. The fraction of sp³-hybridized carbons (Fsp3) is 0.727. The number of nitrogens with zero attached hydrogens (tertiary/aromatic N) is 2. The van der Waals surface area contributed by atoms with Crippen LogP contribution in [0.1, 0.15) is 44.2 Å². The molecular formula is C11H18ClN3. The highest BCUT2D eigenvalue weighted by molar-refractivity contribution is 6.31. The molecule has 0 radical (unpaired) electrons. The summed E-state index contributed by atoms with van der Waals surface area (Å²) in [5.74, 6) is 0.409. The quantitative estimate of drug-likeness (QED) is 0.863. The molecule has 1 saturated carbocycles. The lowest BCUT2D eigenvalue weighted by Gasteiger charge is -2.17. The fourth-order valence-electron chi connectivity index (χ4n) is 2.46. The molecule has 0 spiro atoms. The first-order chi connectivity index (χ1) is 7.24. The van der Waals surface area contributed by atoms with Crippen molar-refractivity contribution >= 4 is 11.6 Å². The van der Waals surface area contributed by atoms with Crippen molar-refractivity contribution in [2.24, 2.45) is 5.73 Å². The monoisotopic (exact) mass is 227 g/mol. The molecule has 1 fully saturated rings. The Morgan fingerprint density at radius 1 is 1.60 bits per heavy atom. The van der Waals surface area contributed by atoms with Gasteiger partial charge in [0.2, 0.25) is 0 Å². The fourth-order valence-corrected chi connectivity index (χ4v) is 2.74. The Labute approximate surface area is 95.6 Å². The summed E-state index contributed by atoms with van der Waals surface area (Å²) in [6.07, 6.45) is 6.29. The third-order valence-corrected chi connectivity index (χ3v) is 3.48. The maximum Gasteiger partial charge on any atom is 0.0821 e. The van der Waals surface area contributed by atoms with Crippen LogP contribution in [-0.4, -0.2) is 15.8 Å². The van der Waals surface area contributed by atoms with Crippen LogP contribution in [0.25, 0.3) is 0 Å². The topological polar surface area (TPSA) is 43.8 Å². The third kappa shape index (κ3) is 2.04. The van der Waals surface area contributed by atoms with Crippen LogP contribution in [0.15, 0.2) is 6.20 Å². The molecule has 0 aliphatic heterocycles. The average molecular weight is 228 g/mol. The first-order valence-electron chi connectivity index (χ1n) is 5.70. The van der Waals surface area contributed by atoms with Gasteiger partial charge in [-0.25, -0.2) is 0 Å². The van der Waals surface area contributed by atoms with Gasteiger partial charge < -0.3 is 5.73 Å². The normalized spacial score (nSPS) is 26.1. The molecule has 84 valence electrons. The molecule has 0 aromatic carbocycles. The zero-order chi connectivity index (χ0) is 10.8. The van der Waals surface area contributed by atoms with E-state index in [0.717, 1.165) is 36.5 Å². The minimum atomic E-state index is 0.259. The van der Waals surface area contributed by atoms with E-state index >= 15 is 0 Å². The summed E-state index contributed by atoms with van der Waals surface area (Å²) in [6, 6.07) is 0.259. The molecule has 2 rings (SSSR count). The van der Waals surface area contributed by atoms with Crippen molar-refractivity contribution < 1.29 is 0 Å². The van der Waals surface area contributed by atoms with Gasteiger partial charge in [-0.2, -0.15) is 5.10 Å². The number of hydrogen-bond acceptors (Lipinski definition) is 2. The molecule has 2 unspecified atom stereocenters. The lowest BCUT2D eigenvalue weighted by molar-refractivity contribution is 0.511. The summed E-state index contributed by atoms with van der Waals surface area (Å²) in [6.45, 7) is 3.08. The number of hydrogen-bond donors (Lipinski definition) is 1. The van der Waals surface area contributed by atoms with Crippen LogP contribution < -0.4 is 5.73 Å². The zero-order valence-corrected chi connectivity index (χ0v) is 9.87. The molecule has 2 atom stereocenters. The lowest BCUT2D eigenvalue weighted by atomic mass is 10.00. The van der Waals surface area contributed by atoms with E-state index in [1.807, 2.05) is 4.68 Å². The van der Waals surface area contributed by atoms with Crippen molar-refractivity contribution in [3.63, 3.8) is 0 Å². The Kier molecular flexibility index (Phi) is 3.32. The predicted molar refractivity (Wildman–Crippen MR) is 62.1 cm³/mol. The Morgan fingerprint density at radius 2 is 2.40 bits per heavy atom. The molecule has 1 heterocycles. The van der Waals surface area contributed by atoms with Crippen LogP contribution in [-0.2, 0) is 6.54 Å². The summed E-state index contributed by atoms with van der Waals surface area (Å²) < 4.78 is 2.03. The Balaban J connectivity index is 2.28. The van der Waals surface area contributed by atoms with Crippen LogP contribution in [0, 0.1) is 0 Å². The van der Waals surface area contributed by atoms with Crippen molar-refractivity contribution in [3.05, 3.63) is 16.9 Å². The van der Waals surface area contributed by atoms with Crippen LogP contribution >= 0.6 is 11.6 Å². The van der Waals surface area contributed by atoms with Gasteiger partial charge in [0, 0.05) is 18.5 Å². The summed E-state index contributed by atoms with van der Waals surface area (Å²) in [5.41, 5.74) is 7.26. The van der Waals surface area contributed by atoms with Gasteiger partial charge in [0.15, 0.2) is 0 Å². The molecule has 15 heavy (non-hydrogen) atoms. The van der Waals surface area contributed by atoms with Gasteiger partial charge in [-0.05, 0) is 19.3 Å². The smallest absolute Gasteiger partial charge is 0.0821 e. The second-order valence-corrected chi connectivity index (χ2v) is 4.71. The standard InChI is InChI=1S/C11H18ClN3/c1-2-6-15-11(9(12)7-14-15)8-4-3-5-10(8)13/h7-8,10H,2-6,13H2,1H3. The highest BCUT2D eigenvalue weighted by Crippen LogP contribution is 2.36. The molecular weight excluding hydrogens is 210 g/mol. The van der Waals surface area contributed by atoms with Gasteiger partial charge in [0.05, 0.1) is 16.9 Å². The molecule has 4 heteroatoms. The summed E-state index contributed by atoms with van der Waals surface area (Å²) in [7, 11) is 0. The Bertz CT molecular complexity index is 335. The first kappa shape index (κ1) is 11.0. The van der Waals surface area contributed by atoms with Gasteiger partial charge in [-0.15, -0.1) is 0 Å². The van der Waals surface area contributed by atoms with E-state index < -0.39 is 0 Å². The minimum Gasteiger partial charge on any atom is -0.327 e. The summed E-state index contributed by atoms with van der Waals surface area (Å²) >= 11 is 6.19. The van der Waals surface area contributed by atoms with Crippen LogP contribution in [0.2, 0.25) is 5.02 Å². The predicted octanol–water partition coefficient (Wildman–Crippen LogP) is 2.54. The largest absolute Gasteiger partial charge is 0.327 e. The van der Waals surface area contributed by atoms with E-state index in [4.69, 9.17) is 17.3 Å². The van der Waals surface area contributed by atoms with Crippen LogP contribution in [0.5, 0.6) is 0 Å². The van der Waals surface area contributed by atoms with Crippen molar-refractivity contribution in [1.82, 2.24) is 9.78 Å². The summed E-state index contributed by atoms with van der Waals surface area (Å²) in [5, 5.41) is 5.10. The molecule has 1 aromatic heterocycles. The number of aryl methyl sites for hydroxylation is 1. The maximum atomic E-state index is 6.19. The summed E-state index contributed by atoms with van der Waals surface area (Å²) in [4.78, 5) is 0. The van der Waals surface area contributed by atoms with E-state index in [2.05, 4.69) is 12.0 Å². The average Bonchev–Trinajstić information content (AvgIpc) is 2.75. The van der Waals surface area contributed by atoms with Gasteiger partial charge in [-0.1, -0.05) is 24.9 Å². The van der Waals surface area contributed by atoms with Gasteiger partial charge >= 0.3 is 0 Å². The Morgan fingerprint density at radius 3 is 3.00 bits per heavy atom. The molecule has 0 bridgehead atoms. The van der Waals surface area contributed by atoms with Crippen molar-refractivity contribution in [1.29, 1.82) is 0 Å². The van der Waals surface area contributed by atoms with E-state index in [1.54, 1.807) is 6.20 Å². The molecule has 0 amide bonds. The van der Waals surface area contributed by atoms with E-state index in [0.29, 0.717) is 5.92 Å². The van der Waals surface area contributed by atoms with Crippen LogP contribution in [0.3, 0.4) is 0 Å². The number of aromatic nitrogens is 2. The lowest BCUT2D eigenvalue weighted by Crippen LogP contribution is -2.25. The highest BCUT2D eigenvalue weighted by Gasteiger charge is 2.30. The minimum absolute atomic E-state index is 0.259. The molecule has 1 aromatic rings. The van der Waals surface area contributed by atoms with Crippen molar-refractivity contribution in [2.75, 3.05) is 0 Å². The van der Waals surface area contributed by atoms with E-state index in [9.17, 15) is 0 Å². The number of nitrogens with two attached hydrogens (primary N) is 1. The molecule has 1 aliphatic rings. The van der Waals surface area contributed by atoms with Crippen molar-refractivity contribution in [3.8, 4) is 0 Å². The molecule has 0 saturated heterocycles. The van der Waals surface area contributed by atoms with Crippen molar-refractivity contribution in [2.45, 2.75) is 51.1 Å². The number of rotatable bonds is 3. The highest BCUT2D eigenvalue weighted by atomic mass is 35.5.